The molecule has 1 aliphatic carbocycles. The molecule has 3 rings (SSSR count). The smallest absolute Gasteiger partial charge is 0.318 e. The topological polar surface area (TPSA) is 83.1 Å². The van der Waals surface area contributed by atoms with Gasteiger partial charge in [-0.2, -0.15) is 5.10 Å². The first-order valence-corrected chi connectivity index (χ1v) is 8.25. The Morgan fingerprint density at radius 3 is 3.13 bits per heavy atom. The summed E-state index contributed by atoms with van der Waals surface area (Å²) >= 11 is 0. The van der Waals surface area contributed by atoms with Gasteiger partial charge in [0.15, 0.2) is 0 Å². The van der Waals surface area contributed by atoms with E-state index in [-0.39, 0.29) is 17.5 Å². The highest BCUT2D eigenvalue weighted by atomic mass is 16.5. The number of aromatic nitrogens is 3. The largest absolute Gasteiger partial charge is 0.377 e. The van der Waals surface area contributed by atoms with Crippen LogP contribution in [-0.4, -0.2) is 52.4 Å². The van der Waals surface area contributed by atoms with Gasteiger partial charge in [0.05, 0.1) is 13.2 Å². The van der Waals surface area contributed by atoms with Gasteiger partial charge in [-0.15, -0.1) is 0 Å². The van der Waals surface area contributed by atoms with Gasteiger partial charge in [-0.05, 0) is 19.3 Å². The second-order valence-corrected chi connectivity index (χ2v) is 6.82. The molecule has 23 heavy (non-hydrogen) atoms. The molecule has 1 fully saturated rings. The maximum Gasteiger partial charge on any atom is 0.318 e. The number of allylic oxidation sites excluding steroid dienone is 1. The van der Waals surface area contributed by atoms with Crippen LogP contribution < -0.4 is 5.32 Å². The van der Waals surface area contributed by atoms with Crippen molar-refractivity contribution in [2.24, 2.45) is 5.41 Å². The van der Waals surface area contributed by atoms with E-state index in [2.05, 4.69) is 40.4 Å². The molecule has 1 aromatic rings. The van der Waals surface area contributed by atoms with Gasteiger partial charge in [-0.1, -0.05) is 25.5 Å². The molecule has 7 nitrogen and oxygen atoms in total. The van der Waals surface area contributed by atoms with Crippen LogP contribution in [0.25, 0.3) is 0 Å². The zero-order chi connectivity index (χ0) is 16.3. The Bertz CT molecular complexity index is 567. The number of hydrogen-bond donors (Lipinski definition) is 2. The van der Waals surface area contributed by atoms with Gasteiger partial charge in [-0.25, -0.2) is 9.78 Å². The van der Waals surface area contributed by atoms with E-state index in [4.69, 9.17) is 4.74 Å². The van der Waals surface area contributed by atoms with Crippen molar-refractivity contribution in [1.82, 2.24) is 25.4 Å². The molecule has 0 spiro atoms. The number of carbonyl (C=O) groups excluding carboxylic acids is 1. The third-order valence-corrected chi connectivity index (χ3v) is 4.73. The van der Waals surface area contributed by atoms with Gasteiger partial charge in [0.2, 0.25) is 0 Å². The molecule has 126 valence electrons. The van der Waals surface area contributed by atoms with Crippen LogP contribution in [0.2, 0.25) is 0 Å². The molecule has 1 atom stereocenters. The minimum Gasteiger partial charge on any atom is -0.377 e. The first-order valence-electron chi connectivity index (χ1n) is 8.25. The average Bonchev–Trinajstić information content (AvgIpc) is 3.25. The van der Waals surface area contributed by atoms with Crippen LogP contribution in [0, 0.1) is 5.41 Å². The lowest BCUT2D eigenvalue weighted by Gasteiger charge is -2.35. The number of hydrogen-bond acceptors (Lipinski definition) is 4. The summed E-state index contributed by atoms with van der Waals surface area (Å²) in [5.41, 5.74) is 1.45. The monoisotopic (exact) mass is 319 g/mol. The van der Waals surface area contributed by atoms with Crippen molar-refractivity contribution in [3.8, 4) is 0 Å². The van der Waals surface area contributed by atoms with Gasteiger partial charge in [-0.3, -0.25) is 5.10 Å². The van der Waals surface area contributed by atoms with Crippen molar-refractivity contribution >= 4 is 6.03 Å². The number of morpholine rings is 1. The highest BCUT2D eigenvalue weighted by Crippen LogP contribution is 2.34. The summed E-state index contributed by atoms with van der Waals surface area (Å²) in [4.78, 5) is 18.6. The Labute approximate surface area is 136 Å². The van der Waals surface area contributed by atoms with E-state index < -0.39 is 0 Å². The maximum absolute atomic E-state index is 12.6. The number of rotatable bonds is 4. The molecule has 0 bridgehead atoms. The van der Waals surface area contributed by atoms with Gasteiger partial charge in [0.25, 0.3) is 0 Å². The molecule has 1 aromatic heterocycles. The van der Waals surface area contributed by atoms with Crippen LogP contribution in [-0.2, 0) is 4.74 Å². The van der Waals surface area contributed by atoms with E-state index in [1.165, 1.54) is 18.3 Å². The molecule has 1 aliphatic heterocycles. The molecule has 2 aliphatic rings. The quantitative estimate of drug-likeness (QED) is 0.832. The van der Waals surface area contributed by atoms with Crippen LogP contribution in [0.4, 0.5) is 4.79 Å². The molecular formula is C16H25N5O2. The first kappa shape index (κ1) is 16.0. The number of carbonyl (C=O) groups is 1. The average molecular weight is 319 g/mol. The van der Waals surface area contributed by atoms with Crippen molar-refractivity contribution in [2.75, 3.05) is 26.3 Å². The van der Waals surface area contributed by atoms with Crippen LogP contribution in [0.15, 0.2) is 18.0 Å². The van der Waals surface area contributed by atoms with E-state index in [1.54, 1.807) is 4.90 Å². The fourth-order valence-electron chi connectivity index (χ4n) is 3.25. The fourth-order valence-corrected chi connectivity index (χ4v) is 3.25. The van der Waals surface area contributed by atoms with Gasteiger partial charge >= 0.3 is 6.03 Å². The highest BCUT2D eigenvalue weighted by molar-refractivity contribution is 5.74. The number of nitrogens with zero attached hydrogens (tertiary/aromatic N) is 3. The molecule has 0 radical (unpaired) electrons. The van der Waals surface area contributed by atoms with E-state index in [0.29, 0.717) is 32.1 Å². The summed E-state index contributed by atoms with van der Waals surface area (Å²) in [7, 11) is 0. The fraction of sp³-hybridized carbons (Fsp3) is 0.688. The minimum atomic E-state index is -0.208. The SMILES string of the molecule is CC(C)(CNC(=O)N1CCOCC1c1ncn[nH]1)C1=CCCC1. The van der Waals surface area contributed by atoms with Gasteiger partial charge < -0.3 is 15.0 Å². The molecule has 0 aromatic carbocycles. The van der Waals surface area contributed by atoms with Crippen LogP contribution >= 0.6 is 0 Å². The van der Waals surface area contributed by atoms with E-state index in [0.717, 1.165) is 12.8 Å². The molecule has 2 amide bonds. The summed E-state index contributed by atoms with van der Waals surface area (Å²) < 4.78 is 5.49. The molecule has 1 saturated heterocycles. The number of H-pyrrole nitrogens is 1. The lowest BCUT2D eigenvalue weighted by Crippen LogP contribution is -2.50. The summed E-state index contributed by atoms with van der Waals surface area (Å²) in [5, 5.41) is 9.80. The zero-order valence-corrected chi connectivity index (χ0v) is 13.8. The van der Waals surface area contributed by atoms with Crippen molar-refractivity contribution in [3.63, 3.8) is 0 Å². The van der Waals surface area contributed by atoms with Crippen molar-refractivity contribution < 1.29 is 9.53 Å². The third kappa shape index (κ3) is 3.55. The van der Waals surface area contributed by atoms with E-state index in [9.17, 15) is 4.79 Å². The van der Waals surface area contributed by atoms with Crippen LogP contribution in [0.5, 0.6) is 0 Å². The van der Waals surface area contributed by atoms with Crippen molar-refractivity contribution in [3.05, 3.63) is 23.8 Å². The van der Waals surface area contributed by atoms with E-state index >= 15 is 0 Å². The highest BCUT2D eigenvalue weighted by Gasteiger charge is 2.32. The van der Waals surface area contributed by atoms with E-state index in [1.807, 2.05) is 0 Å². The Hall–Kier alpha value is -1.89. The normalized spacial score (nSPS) is 22.1. The predicted molar refractivity (Wildman–Crippen MR) is 85.8 cm³/mol. The Morgan fingerprint density at radius 2 is 2.43 bits per heavy atom. The summed E-state index contributed by atoms with van der Waals surface area (Å²) in [6.07, 6.45) is 7.29. The molecule has 0 saturated carbocycles. The number of ether oxygens (including phenoxy) is 1. The standard InChI is InChI=1S/C16H25N5O2/c1-16(2,12-5-3-4-6-12)10-17-15(22)21-7-8-23-9-13(21)14-18-11-19-20-14/h5,11,13H,3-4,6-10H2,1-2H3,(H,17,22)(H,18,19,20). The minimum absolute atomic E-state index is 0.000179. The first-order chi connectivity index (χ1) is 11.1. The summed E-state index contributed by atoms with van der Waals surface area (Å²) in [6, 6.07) is -0.276. The van der Waals surface area contributed by atoms with Crippen LogP contribution in [0.1, 0.15) is 45.0 Å². The Balaban J connectivity index is 1.62. The number of nitrogens with one attached hydrogen (secondary N) is 2. The van der Waals surface area contributed by atoms with Crippen molar-refractivity contribution in [1.29, 1.82) is 0 Å². The van der Waals surface area contributed by atoms with Crippen LogP contribution in [0.3, 0.4) is 0 Å². The zero-order valence-electron chi connectivity index (χ0n) is 13.8. The van der Waals surface area contributed by atoms with Crippen molar-refractivity contribution in [2.45, 2.75) is 39.2 Å². The molecule has 1 unspecified atom stereocenters. The summed E-state index contributed by atoms with van der Waals surface area (Å²) in [6.45, 7) is 6.57. The number of urea groups is 1. The molecule has 2 N–H and O–H groups in total. The molecule has 2 heterocycles. The van der Waals surface area contributed by atoms with Gasteiger partial charge in [0.1, 0.15) is 18.2 Å². The third-order valence-electron chi connectivity index (χ3n) is 4.73. The molecular weight excluding hydrogens is 294 g/mol. The second-order valence-electron chi connectivity index (χ2n) is 6.82. The second kappa shape index (κ2) is 6.70. The number of aromatic amines is 1. The Morgan fingerprint density at radius 1 is 1.57 bits per heavy atom. The maximum atomic E-state index is 12.6. The predicted octanol–water partition coefficient (Wildman–Crippen LogP) is 2.02. The lowest BCUT2D eigenvalue weighted by molar-refractivity contribution is 0.00840. The van der Waals surface area contributed by atoms with Gasteiger partial charge in [0, 0.05) is 18.5 Å². The lowest BCUT2D eigenvalue weighted by atomic mass is 9.83. The Kier molecular flexibility index (Phi) is 4.66. The number of amides is 2. The molecule has 7 heteroatoms. The summed E-state index contributed by atoms with van der Waals surface area (Å²) in [5.74, 6) is 0.664.